The molecule has 7 heteroatoms. The van der Waals surface area contributed by atoms with Crippen LogP contribution >= 0.6 is 0 Å². The smallest absolute Gasteiger partial charge is 0.336 e. The van der Waals surface area contributed by atoms with Crippen molar-refractivity contribution < 1.29 is 19.1 Å². The predicted molar refractivity (Wildman–Crippen MR) is 128 cm³/mol. The summed E-state index contributed by atoms with van der Waals surface area (Å²) in [6, 6.07) is 23.2. The monoisotopic (exact) mass is 441 g/mol. The number of carbonyl (C=O) groups is 3. The van der Waals surface area contributed by atoms with Crippen molar-refractivity contribution in [2.24, 2.45) is 5.10 Å². The van der Waals surface area contributed by atoms with Gasteiger partial charge in [-0.2, -0.15) is 5.10 Å². The van der Waals surface area contributed by atoms with Crippen molar-refractivity contribution >= 4 is 35.8 Å². The number of benzene rings is 3. The number of rotatable bonds is 7. The molecule has 0 heterocycles. The molecule has 0 atom stereocenters. The van der Waals surface area contributed by atoms with Crippen LogP contribution in [0.3, 0.4) is 0 Å². The quantitative estimate of drug-likeness (QED) is 0.145. The summed E-state index contributed by atoms with van der Waals surface area (Å²) in [6.45, 7) is 2.03. The van der Waals surface area contributed by atoms with E-state index < -0.39 is 17.8 Å². The first-order valence-corrected chi connectivity index (χ1v) is 10.3. The van der Waals surface area contributed by atoms with Crippen LogP contribution in [0.2, 0.25) is 0 Å². The lowest BCUT2D eigenvalue weighted by molar-refractivity contribution is -0.136. The zero-order valence-electron chi connectivity index (χ0n) is 18.0. The van der Waals surface area contributed by atoms with Crippen LogP contribution in [-0.2, 0) is 20.8 Å². The van der Waals surface area contributed by atoms with Crippen molar-refractivity contribution in [3.05, 3.63) is 102 Å². The Morgan fingerprint density at radius 3 is 2.21 bits per heavy atom. The Morgan fingerprint density at radius 1 is 0.848 bits per heavy atom. The van der Waals surface area contributed by atoms with Crippen LogP contribution < -0.4 is 15.5 Å². The first-order chi connectivity index (χ1) is 16.0. The molecule has 0 radical (unpaired) electrons. The van der Waals surface area contributed by atoms with Gasteiger partial charge in [0.15, 0.2) is 0 Å². The molecule has 3 aromatic carbocycles. The Labute approximate surface area is 191 Å². The summed E-state index contributed by atoms with van der Waals surface area (Å²) in [5, 5.41) is 6.29. The second-order valence-electron chi connectivity index (χ2n) is 6.94. The van der Waals surface area contributed by atoms with Crippen LogP contribution in [0.5, 0.6) is 5.75 Å². The highest BCUT2D eigenvalue weighted by atomic mass is 16.5. The topological polar surface area (TPSA) is 96.9 Å². The van der Waals surface area contributed by atoms with Gasteiger partial charge in [0, 0.05) is 11.8 Å². The van der Waals surface area contributed by atoms with Gasteiger partial charge in [-0.3, -0.25) is 9.59 Å². The number of hydrogen-bond donors (Lipinski definition) is 2. The molecule has 3 rings (SSSR count). The maximum atomic E-state index is 11.9. The molecule has 3 aromatic rings. The van der Waals surface area contributed by atoms with Gasteiger partial charge >= 0.3 is 17.8 Å². The number of amides is 2. The average Bonchev–Trinajstić information content (AvgIpc) is 2.85. The number of aryl methyl sites for hydroxylation is 1. The van der Waals surface area contributed by atoms with Crippen LogP contribution in [-0.4, -0.2) is 24.0 Å². The summed E-state index contributed by atoms with van der Waals surface area (Å²) >= 11 is 0. The first-order valence-electron chi connectivity index (χ1n) is 10.3. The van der Waals surface area contributed by atoms with Gasteiger partial charge in [0.1, 0.15) is 5.75 Å². The number of carbonyl (C=O) groups excluding carboxylic acids is 3. The molecular weight excluding hydrogens is 418 g/mol. The molecule has 0 unspecified atom stereocenters. The number of esters is 1. The van der Waals surface area contributed by atoms with Crippen LogP contribution in [0.4, 0.5) is 5.69 Å². The van der Waals surface area contributed by atoms with E-state index >= 15 is 0 Å². The third-order valence-corrected chi connectivity index (χ3v) is 4.52. The number of ether oxygens (including phenoxy) is 1. The SMILES string of the molecule is CCc1ccc(NC(=O)C(=O)N/N=C/c2ccc(OC(=O)/C=C/c3ccccc3)cc2)cc1. The van der Waals surface area contributed by atoms with E-state index in [1.54, 1.807) is 42.5 Å². The number of hydrazone groups is 1. The Hall–Kier alpha value is -4.52. The van der Waals surface area contributed by atoms with Crippen LogP contribution in [0, 0.1) is 0 Å². The Bertz CT molecular complexity index is 1150. The van der Waals surface area contributed by atoms with Crippen molar-refractivity contribution in [1.29, 1.82) is 0 Å². The van der Waals surface area contributed by atoms with E-state index in [1.165, 1.54) is 12.3 Å². The van der Waals surface area contributed by atoms with Gasteiger partial charge in [-0.15, -0.1) is 0 Å². The molecule has 0 fully saturated rings. The molecule has 0 saturated heterocycles. The highest BCUT2D eigenvalue weighted by Crippen LogP contribution is 2.12. The maximum Gasteiger partial charge on any atom is 0.336 e. The second kappa shape index (κ2) is 11.8. The van der Waals surface area contributed by atoms with Gasteiger partial charge in [-0.05, 0) is 65.6 Å². The van der Waals surface area contributed by atoms with Crippen molar-refractivity contribution in [3.63, 3.8) is 0 Å². The molecule has 0 saturated carbocycles. The van der Waals surface area contributed by atoms with Crippen molar-refractivity contribution in [2.75, 3.05) is 5.32 Å². The second-order valence-corrected chi connectivity index (χ2v) is 6.94. The van der Waals surface area contributed by atoms with E-state index in [0.29, 0.717) is 17.0 Å². The van der Waals surface area contributed by atoms with Crippen LogP contribution in [0.1, 0.15) is 23.6 Å². The molecule has 0 aliphatic heterocycles. The molecule has 0 bridgehead atoms. The number of hydrogen-bond acceptors (Lipinski definition) is 5. The normalized spacial score (nSPS) is 10.8. The summed E-state index contributed by atoms with van der Waals surface area (Å²) in [5.41, 5.74) is 5.37. The van der Waals surface area contributed by atoms with Gasteiger partial charge < -0.3 is 10.1 Å². The minimum atomic E-state index is -0.887. The van der Waals surface area contributed by atoms with Crippen LogP contribution in [0.25, 0.3) is 6.08 Å². The fourth-order valence-corrected chi connectivity index (χ4v) is 2.73. The molecule has 2 N–H and O–H groups in total. The zero-order chi connectivity index (χ0) is 23.5. The van der Waals surface area contributed by atoms with Crippen molar-refractivity contribution in [1.82, 2.24) is 5.43 Å². The van der Waals surface area contributed by atoms with Gasteiger partial charge in [0.25, 0.3) is 0 Å². The van der Waals surface area contributed by atoms with E-state index in [-0.39, 0.29) is 0 Å². The summed E-state index contributed by atoms with van der Waals surface area (Å²) in [6.07, 6.45) is 5.28. The average molecular weight is 441 g/mol. The minimum Gasteiger partial charge on any atom is -0.423 e. The maximum absolute atomic E-state index is 11.9. The van der Waals surface area contributed by atoms with E-state index in [0.717, 1.165) is 17.5 Å². The predicted octanol–water partition coefficient (Wildman–Crippen LogP) is 3.96. The molecule has 0 aromatic heterocycles. The highest BCUT2D eigenvalue weighted by molar-refractivity contribution is 6.39. The number of nitrogens with one attached hydrogen (secondary N) is 2. The fraction of sp³-hybridized carbons (Fsp3) is 0.0769. The molecule has 0 spiro atoms. The molecule has 2 amide bonds. The molecule has 33 heavy (non-hydrogen) atoms. The van der Waals surface area contributed by atoms with E-state index in [1.807, 2.05) is 49.4 Å². The van der Waals surface area contributed by atoms with Gasteiger partial charge in [-0.1, -0.05) is 49.4 Å². The fourth-order valence-electron chi connectivity index (χ4n) is 2.73. The minimum absolute atomic E-state index is 0.368. The van der Waals surface area contributed by atoms with E-state index in [4.69, 9.17) is 4.74 Å². The Kier molecular flexibility index (Phi) is 8.25. The van der Waals surface area contributed by atoms with E-state index in [9.17, 15) is 14.4 Å². The number of anilines is 1. The molecule has 0 aliphatic rings. The third-order valence-electron chi connectivity index (χ3n) is 4.52. The van der Waals surface area contributed by atoms with Crippen molar-refractivity contribution in [3.8, 4) is 5.75 Å². The summed E-state index contributed by atoms with van der Waals surface area (Å²) in [4.78, 5) is 35.8. The molecule has 7 nitrogen and oxygen atoms in total. The van der Waals surface area contributed by atoms with Crippen molar-refractivity contribution in [2.45, 2.75) is 13.3 Å². The standard InChI is InChI=1S/C26H23N3O4/c1-2-19-8-13-22(14-9-19)28-25(31)26(32)29-27-18-21-10-15-23(16-11-21)33-24(30)17-12-20-6-4-3-5-7-20/h3-18H,2H2,1H3,(H,28,31)(H,29,32)/b17-12+,27-18+. The summed E-state index contributed by atoms with van der Waals surface area (Å²) < 4.78 is 5.24. The lowest BCUT2D eigenvalue weighted by atomic mass is 10.1. The largest absolute Gasteiger partial charge is 0.423 e. The van der Waals surface area contributed by atoms with Crippen LogP contribution in [0.15, 0.2) is 90.0 Å². The molecule has 0 aliphatic carbocycles. The van der Waals surface area contributed by atoms with Gasteiger partial charge in [0.05, 0.1) is 6.21 Å². The summed E-state index contributed by atoms with van der Waals surface area (Å²) in [7, 11) is 0. The number of nitrogens with zero attached hydrogens (tertiary/aromatic N) is 1. The van der Waals surface area contributed by atoms with Gasteiger partial charge in [0.2, 0.25) is 0 Å². The van der Waals surface area contributed by atoms with E-state index in [2.05, 4.69) is 15.8 Å². The molecular formula is C26H23N3O4. The van der Waals surface area contributed by atoms with Gasteiger partial charge in [-0.25, -0.2) is 10.2 Å². The summed E-state index contributed by atoms with van der Waals surface area (Å²) in [5.74, 6) is -1.83. The first kappa shape index (κ1) is 23.1. The highest BCUT2D eigenvalue weighted by Gasteiger charge is 2.12. The Balaban J connectivity index is 1.46. The lowest BCUT2D eigenvalue weighted by Crippen LogP contribution is -2.32. The third kappa shape index (κ3) is 7.59. The Morgan fingerprint density at radius 2 is 1.55 bits per heavy atom. The zero-order valence-corrected chi connectivity index (χ0v) is 18.0. The lowest BCUT2D eigenvalue weighted by Gasteiger charge is -2.05. The molecule has 166 valence electrons.